The third kappa shape index (κ3) is 3.01. The SMILES string of the molecule is N#Cc1cccc(-c2cnc(N)nc2Nc2ccc3ncccc3c2)c1. The number of anilines is 3. The first-order chi connectivity index (χ1) is 12.7. The van der Waals surface area contributed by atoms with E-state index in [0.29, 0.717) is 11.4 Å². The van der Waals surface area contributed by atoms with Crippen LogP contribution < -0.4 is 11.1 Å². The lowest BCUT2D eigenvalue weighted by molar-refractivity contribution is 1.19. The monoisotopic (exact) mass is 338 g/mol. The van der Waals surface area contributed by atoms with Gasteiger partial charge in [0.15, 0.2) is 0 Å². The summed E-state index contributed by atoms with van der Waals surface area (Å²) in [6.45, 7) is 0. The van der Waals surface area contributed by atoms with Gasteiger partial charge in [0, 0.05) is 29.0 Å². The highest BCUT2D eigenvalue weighted by atomic mass is 15.1. The first-order valence-electron chi connectivity index (χ1n) is 7.98. The minimum absolute atomic E-state index is 0.176. The van der Waals surface area contributed by atoms with E-state index in [1.54, 1.807) is 24.5 Å². The summed E-state index contributed by atoms with van der Waals surface area (Å²) >= 11 is 0. The molecule has 0 bridgehead atoms. The van der Waals surface area contributed by atoms with E-state index >= 15 is 0 Å². The third-order valence-electron chi connectivity index (χ3n) is 3.98. The number of fused-ring (bicyclic) bond motifs is 1. The van der Waals surface area contributed by atoms with E-state index in [-0.39, 0.29) is 5.95 Å². The van der Waals surface area contributed by atoms with Gasteiger partial charge in [-0.2, -0.15) is 10.2 Å². The Bertz CT molecular complexity index is 1150. The number of hydrogen-bond donors (Lipinski definition) is 2. The summed E-state index contributed by atoms with van der Waals surface area (Å²) < 4.78 is 0. The molecule has 6 nitrogen and oxygen atoms in total. The van der Waals surface area contributed by atoms with Crippen molar-refractivity contribution in [3.63, 3.8) is 0 Å². The van der Waals surface area contributed by atoms with E-state index in [2.05, 4.69) is 26.3 Å². The largest absolute Gasteiger partial charge is 0.368 e. The Kier molecular flexibility index (Phi) is 3.88. The van der Waals surface area contributed by atoms with Crippen molar-refractivity contribution in [1.29, 1.82) is 5.26 Å². The minimum Gasteiger partial charge on any atom is -0.368 e. The van der Waals surface area contributed by atoms with Gasteiger partial charge in [0.1, 0.15) is 5.82 Å². The van der Waals surface area contributed by atoms with Gasteiger partial charge in [-0.1, -0.05) is 18.2 Å². The molecule has 6 heteroatoms. The summed E-state index contributed by atoms with van der Waals surface area (Å²) in [5.74, 6) is 0.756. The van der Waals surface area contributed by atoms with Gasteiger partial charge in [-0.15, -0.1) is 0 Å². The van der Waals surface area contributed by atoms with E-state index in [9.17, 15) is 0 Å². The number of hydrogen-bond acceptors (Lipinski definition) is 6. The second kappa shape index (κ2) is 6.49. The normalized spacial score (nSPS) is 10.4. The maximum absolute atomic E-state index is 9.14. The highest BCUT2D eigenvalue weighted by Gasteiger charge is 2.10. The van der Waals surface area contributed by atoms with Gasteiger partial charge in [-0.05, 0) is 42.0 Å². The summed E-state index contributed by atoms with van der Waals surface area (Å²) in [5.41, 5.74) is 9.74. The van der Waals surface area contributed by atoms with Crippen LogP contribution in [0.3, 0.4) is 0 Å². The predicted octanol–water partition coefficient (Wildman–Crippen LogP) is 3.89. The van der Waals surface area contributed by atoms with Crippen molar-refractivity contribution in [3.05, 3.63) is 72.6 Å². The smallest absolute Gasteiger partial charge is 0.221 e. The van der Waals surface area contributed by atoms with Crippen LogP contribution in [0.2, 0.25) is 0 Å². The van der Waals surface area contributed by atoms with E-state index in [1.165, 1.54) is 0 Å². The quantitative estimate of drug-likeness (QED) is 0.588. The zero-order valence-electron chi connectivity index (χ0n) is 13.7. The van der Waals surface area contributed by atoms with Crippen molar-refractivity contribution in [2.24, 2.45) is 0 Å². The number of nitrogen functional groups attached to an aromatic ring is 1. The number of nitrogens with one attached hydrogen (secondary N) is 1. The van der Waals surface area contributed by atoms with Crippen LogP contribution in [0.4, 0.5) is 17.5 Å². The van der Waals surface area contributed by atoms with Gasteiger partial charge in [-0.25, -0.2) is 4.98 Å². The summed E-state index contributed by atoms with van der Waals surface area (Å²) in [4.78, 5) is 12.8. The van der Waals surface area contributed by atoms with Crippen molar-refractivity contribution < 1.29 is 0 Å². The topological polar surface area (TPSA) is 101 Å². The van der Waals surface area contributed by atoms with Crippen molar-refractivity contribution in [1.82, 2.24) is 15.0 Å². The Morgan fingerprint density at radius 2 is 1.92 bits per heavy atom. The van der Waals surface area contributed by atoms with Gasteiger partial charge in [0.25, 0.3) is 0 Å². The van der Waals surface area contributed by atoms with Crippen LogP contribution in [0.5, 0.6) is 0 Å². The zero-order valence-corrected chi connectivity index (χ0v) is 13.7. The number of benzene rings is 2. The Morgan fingerprint density at radius 1 is 1.00 bits per heavy atom. The molecule has 124 valence electrons. The van der Waals surface area contributed by atoms with Crippen LogP contribution in [0.25, 0.3) is 22.0 Å². The molecule has 0 atom stereocenters. The van der Waals surface area contributed by atoms with Crippen LogP contribution in [-0.4, -0.2) is 15.0 Å². The Balaban J connectivity index is 1.77. The Labute approximate surface area is 150 Å². The summed E-state index contributed by atoms with van der Waals surface area (Å²) in [5, 5.41) is 13.5. The first-order valence-corrected chi connectivity index (χ1v) is 7.98. The number of pyridine rings is 1. The van der Waals surface area contributed by atoms with Crippen LogP contribution in [0.1, 0.15) is 5.56 Å². The summed E-state index contributed by atoms with van der Waals surface area (Å²) in [6, 6.07) is 19.2. The molecular weight excluding hydrogens is 324 g/mol. The van der Waals surface area contributed by atoms with E-state index in [1.807, 2.05) is 42.5 Å². The van der Waals surface area contributed by atoms with Crippen molar-refractivity contribution in [2.75, 3.05) is 11.1 Å². The lowest BCUT2D eigenvalue weighted by atomic mass is 10.1. The van der Waals surface area contributed by atoms with Crippen molar-refractivity contribution >= 4 is 28.4 Å². The lowest BCUT2D eigenvalue weighted by Gasteiger charge is -2.12. The van der Waals surface area contributed by atoms with E-state index in [4.69, 9.17) is 11.0 Å². The minimum atomic E-state index is 0.176. The average Bonchev–Trinajstić information content (AvgIpc) is 2.68. The van der Waals surface area contributed by atoms with Gasteiger partial charge < -0.3 is 11.1 Å². The number of rotatable bonds is 3. The standard InChI is InChI=1S/C20H14N6/c21-11-13-3-1-4-14(9-13)17-12-24-20(22)26-19(17)25-16-6-7-18-15(10-16)5-2-8-23-18/h1-10,12H,(H3,22,24,25,26). The molecular formula is C20H14N6. The third-order valence-corrected chi connectivity index (χ3v) is 3.98. The van der Waals surface area contributed by atoms with Crippen molar-refractivity contribution in [3.8, 4) is 17.2 Å². The highest BCUT2D eigenvalue weighted by Crippen LogP contribution is 2.30. The fraction of sp³-hybridized carbons (Fsp3) is 0. The predicted molar refractivity (Wildman–Crippen MR) is 102 cm³/mol. The average molecular weight is 338 g/mol. The molecule has 2 aromatic heterocycles. The molecule has 0 radical (unpaired) electrons. The molecule has 0 fully saturated rings. The Hall–Kier alpha value is -3.98. The second-order valence-corrected chi connectivity index (χ2v) is 5.72. The second-order valence-electron chi connectivity index (χ2n) is 5.72. The molecule has 2 heterocycles. The van der Waals surface area contributed by atoms with Crippen LogP contribution >= 0.6 is 0 Å². The number of nitriles is 1. The van der Waals surface area contributed by atoms with Gasteiger partial charge >= 0.3 is 0 Å². The maximum atomic E-state index is 9.14. The maximum Gasteiger partial charge on any atom is 0.221 e. The molecule has 0 unspecified atom stereocenters. The molecule has 3 N–H and O–H groups in total. The fourth-order valence-corrected chi connectivity index (χ4v) is 2.75. The molecule has 0 spiro atoms. The van der Waals surface area contributed by atoms with E-state index < -0.39 is 0 Å². The van der Waals surface area contributed by atoms with Gasteiger partial charge in [-0.3, -0.25) is 4.98 Å². The number of aromatic nitrogens is 3. The first kappa shape index (κ1) is 15.5. The highest BCUT2D eigenvalue weighted by molar-refractivity contribution is 5.85. The molecule has 0 aliphatic heterocycles. The van der Waals surface area contributed by atoms with E-state index in [0.717, 1.165) is 27.7 Å². The molecule has 0 aliphatic carbocycles. The Morgan fingerprint density at radius 3 is 2.81 bits per heavy atom. The molecule has 0 amide bonds. The lowest BCUT2D eigenvalue weighted by Crippen LogP contribution is -2.02. The van der Waals surface area contributed by atoms with Gasteiger partial charge in [0.05, 0.1) is 17.1 Å². The molecule has 0 saturated heterocycles. The van der Waals surface area contributed by atoms with Crippen LogP contribution in [-0.2, 0) is 0 Å². The molecule has 26 heavy (non-hydrogen) atoms. The fourth-order valence-electron chi connectivity index (χ4n) is 2.75. The molecule has 0 saturated carbocycles. The summed E-state index contributed by atoms with van der Waals surface area (Å²) in [6.07, 6.45) is 3.42. The van der Waals surface area contributed by atoms with Gasteiger partial charge in [0.2, 0.25) is 5.95 Å². The molecule has 4 aromatic rings. The van der Waals surface area contributed by atoms with Crippen molar-refractivity contribution in [2.45, 2.75) is 0 Å². The number of nitrogens with zero attached hydrogens (tertiary/aromatic N) is 4. The molecule has 2 aromatic carbocycles. The summed E-state index contributed by atoms with van der Waals surface area (Å²) in [7, 11) is 0. The number of nitrogens with two attached hydrogens (primary N) is 1. The molecule has 0 aliphatic rings. The molecule has 4 rings (SSSR count). The zero-order chi connectivity index (χ0) is 17.9. The van der Waals surface area contributed by atoms with Crippen LogP contribution in [0.15, 0.2) is 67.0 Å². The van der Waals surface area contributed by atoms with Crippen LogP contribution in [0, 0.1) is 11.3 Å².